The number of aliphatic imine (C=N–C) groups is 1. The molecule has 0 atom stereocenters. The van der Waals surface area contributed by atoms with E-state index in [-0.39, 0.29) is 0 Å². The zero-order valence-electron chi connectivity index (χ0n) is 15.2. The van der Waals surface area contributed by atoms with Crippen molar-refractivity contribution in [3.63, 3.8) is 0 Å². The number of pyridine rings is 1. The first-order valence-corrected chi connectivity index (χ1v) is 10.5. The normalized spacial score (nSPS) is 16.3. The van der Waals surface area contributed by atoms with Crippen LogP contribution in [0.3, 0.4) is 0 Å². The molecule has 1 saturated heterocycles. The summed E-state index contributed by atoms with van der Waals surface area (Å²) in [5, 5.41) is 0. The Morgan fingerprint density at radius 2 is 1.85 bits per heavy atom. The van der Waals surface area contributed by atoms with Gasteiger partial charge in [0.05, 0.1) is 11.4 Å². The number of hydrogen-bond acceptors (Lipinski definition) is 4. The summed E-state index contributed by atoms with van der Waals surface area (Å²) < 4.78 is 28.7. The highest BCUT2D eigenvalue weighted by Crippen LogP contribution is 2.21. The summed E-state index contributed by atoms with van der Waals surface area (Å²) in [6.07, 6.45) is 7.56. The van der Waals surface area contributed by atoms with Gasteiger partial charge in [0, 0.05) is 43.0 Å². The molecule has 1 aliphatic rings. The molecule has 1 fully saturated rings. The van der Waals surface area contributed by atoms with Gasteiger partial charge in [0.1, 0.15) is 5.65 Å². The van der Waals surface area contributed by atoms with Crippen molar-refractivity contribution >= 4 is 21.4 Å². The lowest BCUT2D eigenvalue weighted by Gasteiger charge is -2.15. The lowest BCUT2D eigenvalue weighted by atomic mass is 10.2. The monoisotopic (exact) mass is 382 g/mol. The Labute approximate surface area is 159 Å². The highest BCUT2D eigenvalue weighted by atomic mass is 32.2. The molecule has 3 aromatic rings. The Bertz CT molecular complexity index is 1080. The SMILES string of the molecule is CC(=NCc1ccc(S(=O)(=O)N2CCCC2)cc1)c1ccc2nccn2c1. The molecule has 4 rings (SSSR count). The second kappa shape index (κ2) is 7.25. The van der Waals surface area contributed by atoms with Crippen LogP contribution in [0.4, 0.5) is 0 Å². The van der Waals surface area contributed by atoms with Gasteiger partial charge in [0.2, 0.25) is 10.0 Å². The largest absolute Gasteiger partial charge is 0.306 e. The molecule has 6 nitrogen and oxygen atoms in total. The minimum atomic E-state index is -3.36. The van der Waals surface area contributed by atoms with Gasteiger partial charge in [0.25, 0.3) is 0 Å². The molecule has 0 aliphatic carbocycles. The minimum absolute atomic E-state index is 0.361. The van der Waals surface area contributed by atoms with Crippen LogP contribution in [0.2, 0.25) is 0 Å². The maximum absolute atomic E-state index is 12.6. The van der Waals surface area contributed by atoms with Gasteiger partial charge in [-0.05, 0) is 49.6 Å². The predicted molar refractivity (Wildman–Crippen MR) is 106 cm³/mol. The summed E-state index contributed by atoms with van der Waals surface area (Å²) in [4.78, 5) is 9.25. The van der Waals surface area contributed by atoms with Crippen LogP contribution >= 0.6 is 0 Å². The average Bonchev–Trinajstić information content (AvgIpc) is 3.37. The summed E-state index contributed by atoms with van der Waals surface area (Å²) in [5.74, 6) is 0. The summed E-state index contributed by atoms with van der Waals surface area (Å²) in [7, 11) is -3.36. The van der Waals surface area contributed by atoms with Crippen LogP contribution in [-0.4, -0.2) is 40.9 Å². The number of fused-ring (bicyclic) bond motifs is 1. The second-order valence-corrected chi connectivity index (χ2v) is 8.71. The first-order chi connectivity index (χ1) is 13.0. The van der Waals surface area contributed by atoms with E-state index in [1.54, 1.807) is 22.6 Å². The Kier molecular flexibility index (Phi) is 4.80. The molecule has 0 unspecified atom stereocenters. The molecule has 140 valence electrons. The van der Waals surface area contributed by atoms with E-state index in [1.165, 1.54) is 0 Å². The minimum Gasteiger partial charge on any atom is -0.306 e. The lowest BCUT2D eigenvalue weighted by molar-refractivity contribution is 0.477. The van der Waals surface area contributed by atoms with Crippen molar-refractivity contribution in [1.29, 1.82) is 0 Å². The second-order valence-electron chi connectivity index (χ2n) is 6.77. The number of aromatic nitrogens is 2. The maximum atomic E-state index is 12.6. The molecule has 0 bridgehead atoms. The van der Waals surface area contributed by atoms with Gasteiger partial charge in [0.15, 0.2) is 0 Å². The Morgan fingerprint density at radius 1 is 1.11 bits per heavy atom. The van der Waals surface area contributed by atoms with E-state index >= 15 is 0 Å². The summed E-state index contributed by atoms with van der Waals surface area (Å²) in [6, 6.07) is 11.0. The van der Waals surface area contributed by atoms with Crippen LogP contribution < -0.4 is 0 Å². The van der Waals surface area contributed by atoms with E-state index in [1.807, 2.05) is 48.0 Å². The van der Waals surface area contributed by atoms with Crippen molar-refractivity contribution in [3.05, 3.63) is 66.1 Å². The average molecular weight is 382 g/mol. The van der Waals surface area contributed by atoms with Crippen LogP contribution in [-0.2, 0) is 16.6 Å². The molecule has 7 heteroatoms. The van der Waals surface area contributed by atoms with E-state index in [4.69, 9.17) is 0 Å². The van der Waals surface area contributed by atoms with E-state index in [0.717, 1.165) is 35.3 Å². The van der Waals surface area contributed by atoms with Crippen molar-refractivity contribution < 1.29 is 8.42 Å². The van der Waals surface area contributed by atoms with Crippen molar-refractivity contribution in [2.24, 2.45) is 4.99 Å². The molecular formula is C20H22N4O2S. The molecule has 27 heavy (non-hydrogen) atoms. The number of sulfonamides is 1. The van der Waals surface area contributed by atoms with Gasteiger partial charge in [-0.15, -0.1) is 0 Å². The van der Waals surface area contributed by atoms with E-state index in [9.17, 15) is 8.42 Å². The summed E-state index contributed by atoms with van der Waals surface area (Å²) in [5.41, 5.74) is 3.85. The first kappa shape index (κ1) is 17.9. The van der Waals surface area contributed by atoms with E-state index in [0.29, 0.717) is 24.5 Å². The smallest absolute Gasteiger partial charge is 0.243 e. The number of imidazole rings is 1. The van der Waals surface area contributed by atoms with Gasteiger partial charge < -0.3 is 4.40 Å². The molecule has 0 spiro atoms. The summed E-state index contributed by atoms with van der Waals surface area (Å²) in [6.45, 7) is 3.73. The van der Waals surface area contributed by atoms with Crippen LogP contribution in [0.15, 0.2) is 64.9 Å². The number of benzene rings is 1. The highest BCUT2D eigenvalue weighted by molar-refractivity contribution is 7.89. The third kappa shape index (κ3) is 3.65. The molecule has 2 aromatic heterocycles. The molecule has 3 heterocycles. The lowest BCUT2D eigenvalue weighted by Crippen LogP contribution is -2.27. The van der Waals surface area contributed by atoms with E-state index in [2.05, 4.69) is 9.98 Å². The van der Waals surface area contributed by atoms with Crippen molar-refractivity contribution in [2.45, 2.75) is 31.2 Å². The highest BCUT2D eigenvalue weighted by Gasteiger charge is 2.26. The third-order valence-corrected chi connectivity index (χ3v) is 6.84. The molecule has 1 aliphatic heterocycles. The van der Waals surface area contributed by atoms with Crippen LogP contribution in [0.1, 0.15) is 30.9 Å². The van der Waals surface area contributed by atoms with Crippen molar-refractivity contribution in [2.75, 3.05) is 13.1 Å². The predicted octanol–water partition coefficient (Wildman–Crippen LogP) is 3.13. The maximum Gasteiger partial charge on any atom is 0.243 e. The van der Waals surface area contributed by atoms with Crippen LogP contribution in [0.25, 0.3) is 5.65 Å². The van der Waals surface area contributed by atoms with Gasteiger partial charge >= 0.3 is 0 Å². The number of nitrogens with zero attached hydrogens (tertiary/aromatic N) is 4. The molecule has 0 N–H and O–H groups in total. The van der Waals surface area contributed by atoms with Gasteiger partial charge in [-0.2, -0.15) is 4.31 Å². The van der Waals surface area contributed by atoms with Crippen LogP contribution in [0, 0.1) is 0 Å². The number of hydrogen-bond donors (Lipinski definition) is 0. The van der Waals surface area contributed by atoms with Crippen molar-refractivity contribution in [1.82, 2.24) is 13.7 Å². The molecular weight excluding hydrogens is 360 g/mol. The Hall–Kier alpha value is -2.51. The fraction of sp³-hybridized carbons (Fsp3) is 0.300. The fourth-order valence-corrected chi connectivity index (χ4v) is 4.80. The zero-order valence-corrected chi connectivity index (χ0v) is 16.1. The number of rotatable bonds is 5. The van der Waals surface area contributed by atoms with Crippen molar-refractivity contribution in [3.8, 4) is 0 Å². The molecule has 0 saturated carbocycles. The fourth-order valence-electron chi connectivity index (χ4n) is 3.28. The standard InChI is InChI=1S/C20H22N4O2S/c1-16(18-6-9-20-21-10-13-23(20)15-18)22-14-17-4-7-19(8-5-17)27(25,26)24-11-2-3-12-24/h4-10,13,15H,2-3,11-12,14H2,1H3. The van der Waals surface area contributed by atoms with Gasteiger partial charge in [-0.3, -0.25) is 4.99 Å². The van der Waals surface area contributed by atoms with E-state index < -0.39 is 10.0 Å². The first-order valence-electron chi connectivity index (χ1n) is 9.07. The Balaban J connectivity index is 1.48. The molecule has 0 radical (unpaired) electrons. The van der Waals surface area contributed by atoms with Gasteiger partial charge in [-0.25, -0.2) is 13.4 Å². The Morgan fingerprint density at radius 3 is 2.59 bits per heavy atom. The zero-order chi connectivity index (χ0) is 18.9. The quantitative estimate of drug-likeness (QED) is 0.637. The molecule has 0 amide bonds. The van der Waals surface area contributed by atoms with Gasteiger partial charge in [-0.1, -0.05) is 12.1 Å². The van der Waals surface area contributed by atoms with Crippen LogP contribution in [0.5, 0.6) is 0 Å². The third-order valence-electron chi connectivity index (χ3n) is 4.93. The summed E-state index contributed by atoms with van der Waals surface area (Å²) >= 11 is 0. The molecule has 1 aromatic carbocycles. The topological polar surface area (TPSA) is 67.0 Å².